The average molecular weight is 322 g/mol. The van der Waals surface area contributed by atoms with Crippen molar-refractivity contribution in [1.29, 1.82) is 0 Å². The zero-order valence-corrected chi connectivity index (χ0v) is 11.0. The summed E-state index contributed by atoms with van der Waals surface area (Å²) < 4.78 is 5.06. The molecular formula is C10H10BrClN2O3. The van der Waals surface area contributed by atoms with Crippen LogP contribution in [-0.2, 0) is 4.74 Å². The number of hydrogen-bond donors (Lipinski definition) is 2. The molecule has 3 N–H and O–H groups in total. The highest BCUT2D eigenvalue weighted by Gasteiger charge is 2.09. The van der Waals surface area contributed by atoms with Crippen LogP contribution < -0.4 is 11.1 Å². The van der Waals surface area contributed by atoms with Crippen LogP contribution >= 0.6 is 27.5 Å². The van der Waals surface area contributed by atoms with Crippen LogP contribution in [0.5, 0.6) is 0 Å². The molecule has 0 saturated heterocycles. The van der Waals surface area contributed by atoms with Gasteiger partial charge < -0.3 is 15.8 Å². The van der Waals surface area contributed by atoms with Crippen molar-refractivity contribution in [3.05, 3.63) is 33.3 Å². The molecule has 2 amide bonds. The molecule has 0 aromatic heterocycles. The van der Waals surface area contributed by atoms with Gasteiger partial charge in [0.15, 0.2) is 0 Å². The van der Waals surface area contributed by atoms with Crippen LogP contribution in [0, 0.1) is 0 Å². The predicted octanol–water partition coefficient (Wildman–Crippen LogP) is 1.93. The van der Waals surface area contributed by atoms with Gasteiger partial charge in [0.1, 0.15) is 6.61 Å². The Hall–Kier alpha value is -1.27. The largest absolute Gasteiger partial charge is 0.448 e. The smallest absolute Gasteiger partial charge is 0.404 e. The van der Waals surface area contributed by atoms with E-state index in [1.807, 2.05) is 0 Å². The number of benzene rings is 1. The van der Waals surface area contributed by atoms with E-state index in [9.17, 15) is 9.59 Å². The molecule has 0 aliphatic carbocycles. The molecule has 0 heterocycles. The molecule has 0 bridgehead atoms. The molecule has 17 heavy (non-hydrogen) atoms. The van der Waals surface area contributed by atoms with E-state index in [0.717, 1.165) is 0 Å². The third kappa shape index (κ3) is 4.62. The lowest BCUT2D eigenvalue weighted by Crippen LogP contribution is -2.29. The lowest BCUT2D eigenvalue weighted by atomic mass is 10.2. The van der Waals surface area contributed by atoms with E-state index in [1.54, 1.807) is 18.2 Å². The molecule has 0 aliphatic heterocycles. The van der Waals surface area contributed by atoms with Crippen LogP contribution in [0.3, 0.4) is 0 Å². The maximum Gasteiger partial charge on any atom is 0.404 e. The molecule has 0 aliphatic rings. The van der Waals surface area contributed by atoms with Crippen LogP contribution in [0.4, 0.5) is 4.79 Å². The number of nitrogens with two attached hydrogens (primary N) is 1. The third-order valence-corrected chi connectivity index (χ3v) is 2.70. The fraction of sp³-hybridized carbons (Fsp3) is 0.200. The Morgan fingerprint density at radius 3 is 2.76 bits per heavy atom. The lowest BCUT2D eigenvalue weighted by molar-refractivity contribution is 0.0936. The second-order valence-electron chi connectivity index (χ2n) is 3.05. The summed E-state index contributed by atoms with van der Waals surface area (Å²) in [4.78, 5) is 21.9. The number of carbonyl (C=O) groups excluding carboxylic acids is 2. The van der Waals surface area contributed by atoms with Gasteiger partial charge in [-0.1, -0.05) is 11.6 Å². The van der Waals surface area contributed by atoms with Crippen molar-refractivity contribution in [3.8, 4) is 0 Å². The van der Waals surface area contributed by atoms with E-state index >= 15 is 0 Å². The summed E-state index contributed by atoms with van der Waals surface area (Å²) in [5, 5.41) is 3.10. The topological polar surface area (TPSA) is 81.4 Å². The first kappa shape index (κ1) is 13.8. The van der Waals surface area contributed by atoms with E-state index in [-0.39, 0.29) is 19.1 Å². The second kappa shape index (κ2) is 6.46. The van der Waals surface area contributed by atoms with Crippen molar-refractivity contribution < 1.29 is 14.3 Å². The molecule has 0 atom stereocenters. The number of carbonyl (C=O) groups is 2. The van der Waals surface area contributed by atoms with Crippen LogP contribution in [0.15, 0.2) is 22.7 Å². The van der Waals surface area contributed by atoms with E-state index in [0.29, 0.717) is 15.1 Å². The van der Waals surface area contributed by atoms with Crippen molar-refractivity contribution in [2.75, 3.05) is 13.2 Å². The Balaban J connectivity index is 2.50. The van der Waals surface area contributed by atoms with Gasteiger partial charge in [-0.25, -0.2) is 4.79 Å². The molecule has 1 aromatic carbocycles. The Morgan fingerprint density at radius 1 is 1.47 bits per heavy atom. The first-order valence-corrected chi connectivity index (χ1v) is 5.83. The van der Waals surface area contributed by atoms with Gasteiger partial charge >= 0.3 is 6.09 Å². The highest BCUT2D eigenvalue weighted by Crippen LogP contribution is 2.21. The van der Waals surface area contributed by atoms with Gasteiger partial charge in [-0.05, 0) is 34.1 Å². The van der Waals surface area contributed by atoms with Crippen molar-refractivity contribution >= 4 is 39.5 Å². The minimum absolute atomic E-state index is 0.0340. The molecule has 0 unspecified atom stereocenters. The van der Waals surface area contributed by atoms with Crippen molar-refractivity contribution in [1.82, 2.24) is 5.32 Å². The maximum atomic E-state index is 11.7. The number of rotatable bonds is 4. The molecule has 0 fully saturated rings. The van der Waals surface area contributed by atoms with Gasteiger partial charge in [0.05, 0.1) is 12.1 Å². The van der Waals surface area contributed by atoms with Crippen molar-refractivity contribution in [3.63, 3.8) is 0 Å². The summed E-state index contributed by atoms with van der Waals surface area (Å²) >= 11 is 8.98. The molecule has 1 rings (SSSR count). The maximum absolute atomic E-state index is 11.7. The third-order valence-electron chi connectivity index (χ3n) is 1.81. The quantitative estimate of drug-likeness (QED) is 0.831. The van der Waals surface area contributed by atoms with E-state index in [2.05, 4.69) is 26.0 Å². The second-order valence-corrected chi connectivity index (χ2v) is 4.34. The molecular weight excluding hydrogens is 311 g/mol. The standard InChI is InChI=1S/C10H10BrClN2O3/c11-8-5-6(12)1-2-7(8)9(15)14-3-4-17-10(13)16/h1-2,5H,3-4H2,(H2,13,16)(H,14,15). The number of halogens is 2. The highest BCUT2D eigenvalue weighted by atomic mass is 79.9. The summed E-state index contributed by atoms with van der Waals surface area (Å²) in [5.74, 6) is -0.290. The fourth-order valence-corrected chi connectivity index (χ4v) is 1.95. The number of hydrogen-bond acceptors (Lipinski definition) is 3. The Labute approximate surface area is 111 Å². The molecule has 0 radical (unpaired) electrons. The molecule has 92 valence electrons. The number of nitrogens with one attached hydrogen (secondary N) is 1. The monoisotopic (exact) mass is 320 g/mol. The van der Waals surface area contributed by atoms with Gasteiger partial charge in [0.25, 0.3) is 5.91 Å². The van der Waals surface area contributed by atoms with Crippen molar-refractivity contribution in [2.45, 2.75) is 0 Å². The molecule has 5 nitrogen and oxygen atoms in total. The number of ether oxygens (including phenoxy) is 1. The Kier molecular flexibility index (Phi) is 5.24. The number of primary amides is 1. The van der Waals surface area contributed by atoms with Crippen LogP contribution in [0.1, 0.15) is 10.4 Å². The highest BCUT2D eigenvalue weighted by molar-refractivity contribution is 9.10. The molecule has 0 saturated carbocycles. The summed E-state index contributed by atoms with van der Waals surface area (Å²) in [6, 6.07) is 4.83. The van der Waals surface area contributed by atoms with Gasteiger partial charge in [-0.15, -0.1) is 0 Å². The van der Waals surface area contributed by atoms with Crippen LogP contribution in [0.25, 0.3) is 0 Å². The fourth-order valence-electron chi connectivity index (χ4n) is 1.09. The Morgan fingerprint density at radius 2 is 2.18 bits per heavy atom. The first-order valence-electron chi connectivity index (χ1n) is 4.66. The Bertz CT molecular complexity index is 440. The minimum Gasteiger partial charge on any atom is -0.448 e. The van der Waals surface area contributed by atoms with Crippen LogP contribution in [0.2, 0.25) is 5.02 Å². The predicted molar refractivity (Wildman–Crippen MR) is 67.0 cm³/mol. The normalized spacial score (nSPS) is 9.76. The molecule has 0 spiro atoms. The van der Waals surface area contributed by atoms with Gasteiger partial charge in [0, 0.05) is 9.50 Å². The zero-order valence-electron chi connectivity index (χ0n) is 8.70. The van der Waals surface area contributed by atoms with Crippen molar-refractivity contribution in [2.24, 2.45) is 5.73 Å². The van der Waals surface area contributed by atoms with Gasteiger partial charge in [-0.3, -0.25) is 4.79 Å². The summed E-state index contributed by atoms with van der Waals surface area (Å²) in [5.41, 5.74) is 5.22. The number of amides is 2. The summed E-state index contributed by atoms with van der Waals surface area (Å²) in [6.45, 7) is 0.225. The van der Waals surface area contributed by atoms with E-state index < -0.39 is 6.09 Å². The van der Waals surface area contributed by atoms with Gasteiger partial charge in [0.2, 0.25) is 0 Å². The first-order chi connectivity index (χ1) is 8.00. The average Bonchev–Trinajstić information content (AvgIpc) is 2.23. The molecule has 7 heteroatoms. The van der Waals surface area contributed by atoms with Gasteiger partial charge in [-0.2, -0.15) is 0 Å². The SMILES string of the molecule is NC(=O)OCCNC(=O)c1ccc(Cl)cc1Br. The minimum atomic E-state index is -0.869. The molecule has 1 aromatic rings. The summed E-state index contributed by atoms with van der Waals surface area (Å²) in [7, 11) is 0. The summed E-state index contributed by atoms with van der Waals surface area (Å²) in [6.07, 6.45) is -0.869. The van der Waals surface area contributed by atoms with Crippen LogP contribution in [-0.4, -0.2) is 25.2 Å². The van der Waals surface area contributed by atoms with E-state index in [4.69, 9.17) is 17.3 Å². The van der Waals surface area contributed by atoms with E-state index in [1.165, 1.54) is 0 Å². The zero-order chi connectivity index (χ0) is 12.8. The lowest BCUT2D eigenvalue weighted by Gasteiger charge is -2.07.